The van der Waals surface area contributed by atoms with E-state index in [2.05, 4.69) is 4.90 Å². The highest BCUT2D eigenvalue weighted by molar-refractivity contribution is 5.24. The maximum atomic E-state index is 9.59. The van der Waals surface area contributed by atoms with E-state index in [1.807, 2.05) is 30.3 Å². The van der Waals surface area contributed by atoms with Crippen molar-refractivity contribution in [2.45, 2.75) is 5.54 Å². The molecule has 0 saturated carbocycles. The summed E-state index contributed by atoms with van der Waals surface area (Å²) >= 11 is 0. The van der Waals surface area contributed by atoms with Crippen LogP contribution in [-0.4, -0.2) is 49.5 Å². The number of morpholine rings is 1. The molecule has 0 aromatic heterocycles. The molecule has 94 valence electrons. The van der Waals surface area contributed by atoms with Crippen molar-refractivity contribution in [3.8, 4) is 0 Å². The summed E-state index contributed by atoms with van der Waals surface area (Å²) in [5, 5.41) is 9.59. The summed E-state index contributed by atoms with van der Waals surface area (Å²) in [7, 11) is 0. The molecular weight excluding hydrogens is 216 g/mol. The van der Waals surface area contributed by atoms with E-state index in [1.165, 1.54) is 0 Å². The molecule has 0 amide bonds. The molecule has 17 heavy (non-hydrogen) atoms. The van der Waals surface area contributed by atoms with Crippen molar-refractivity contribution in [1.29, 1.82) is 0 Å². The lowest BCUT2D eigenvalue weighted by Crippen LogP contribution is -2.52. The second kappa shape index (κ2) is 5.60. The van der Waals surface area contributed by atoms with Crippen LogP contribution in [0.25, 0.3) is 0 Å². The van der Waals surface area contributed by atoms with Crippen LogP contribution in [0, 0.1) is 0 Å². The first kappa shape index (κ1) is 12.5. The lowest BCUT2D eigenvalue weighted by Gasteiger charge is -2.36. The van der Waals surface area contributed by atoms with Gasteiger partial charge in [-0.25, -0.2) is 0 Å². The molecule has 1 atom stereocenters. The monoisotopic (exact) mass is 236 g/mol. The number of benzene rings is 1. The van der Waals surface area contributed by atoms with Crippen LogP contribution in [0.3, 0.4) is 0 Å². The van der Waals surface area contributed by atoms with Crippen LogP contribution < -0.4 is 5.73 Å². The zero-order valence-corrected chi connectivity index (χ0v) is 10.0. The van der Waals surface area contributed by atoms with Crippen LogP contribution in [0.1, 0.15) is 5.56 Å². The van der Waals surface area contributed by atoms with Crippen molar-refractivity contribution in [3.63, 3.8) is 0 Å². The highest BCUT2D eigenvalue weighted by atomic mass is 16.5. The molecule has 1 aromatic rings. The van der Waals surface area contributed by atoms with Gasteiger partial charge < -0.3 is 15.6 Å². The van der Waals surface area contributed by atoms with Gasteiger partial charge in [-0.15, -0.1) is 0 Å². The molecule has 4 nitrogen and oxygen atoms in total. The van der Waals surface area contributed by atoms with Crippen molar-refractivity contribution in [2.75, 3.05) is 39.5 Å². The van der Waals surface area contributed by atoms with Gasteiger partial charge in [0.15, 0.2) is 0 Å². The molecule has 1 aromatic carbocycles. The lowest BCUT2D eigenvalue weighted by molar-refractivity contribution is 0.0200. The molecule has 1 fully saturated rings. The Hall–Kier alpha value is -0.940. The second-order valence-electron chi connectivity index (χ2n) is 4.57. The molecule has 0 bridgehead atoms. The Morgan fingerprint density at radius 1 is 1.24 bits per heavy atom. The summed E-state index contributed by atoms with van der Waals surface area (Å²) in [4.78, 5) is 2.24. The highest BCUT2D eigenvalue weighted by Crippen LogP contribution is 2.19. The van der Waals surface area contributed by atoms with Gasteiger partial charge in [-0.2, -0.15) is 0 Å². The number of nitrogens with zero attached hydrogens (tertiary/aromatic N) is 1. The standard InChI is InChI=1S/C13H20N2O2/c14-13(11-16,12-4-2-1-3-5-12)10-15-6-8-17-9-7-15/h1-5,16H,6-11,14H2. The van der Waals surface area contributed by atoms with E-state index in [-0.39, 0.29) is 6.61 Å². The SMILES string of the molecule is NC(CO)(CN1CCOCC1)c1ccccc1. The lowest BCUT2D eigenvalue weighted by atomic mass is 9.91. The van der Waals surface area contributed by atoms with Crippen LogP contribution in [0.4, 0.5) is 0 Å². The molecular formula is C13H20N2O2. The number of hydrogen-bond donors (Lipinski definition) is 2. The third-order valence-electron chi connectivity index (χ3n) is 3.24. The second-order valence-corrected chi connectivity index (χ2v) is 4.57. The predicted molar refractivity (Wildman–Crippen MR) is 66.7 cm³/mol. The van der Waals surface area contributed by atoms with Gasteiger partial charge in [-0.05, 0) is 5.56 Å². The first-order valence-corrected chi connectivity index (χ1v) is 6.00. The Bertz CT molecular complexity index is 339. The van der Waals surface area contributed by atoms with Crippen LogP contribution in [-0.2, 0) is 10.3 Å². The normalized spacial score (nSPS) is 21.1. The van der Waals surface area contributed by atoms with Crippen LogP contribution >= 0.6 is 0 Å². The van der Waals surface area contributed by atoms with Crippen LogP contribution in [0.2, 0.25) is 0 Å². The number of rotatable bonds is 4. The fourth-order valence-electron chi connectivity index (χ4n) is 2.16. The largest absolute Gasteiger partial charge is 0.394 e. The van der Waals surface area contributed by atoms with Crippen LogP contribution in [0.5, 0.6) is 0 Å². The molecule has 4 heteroatoms. The van der Waals surface area contributed by atoms with Crippen molar-refractivity contribution in [3.05, 3.63) is 35.9 Å². The van der Waals surface area contributed by atoms with Gasteiger partial charge in [0.05, 0.1) is 25.4 Å². The minimum Gasteiger partial charge on any atom is -0.394 e. The predicted octanol–water partition coefficient (Wildman–Crippen LogP) is 0.165. The molecule has 1 heterocycles. The number of ether oxygens (including phenoxy) is 1. The van der Waals surface area contributed by atoms with E-state index in [9.17, 15) is 5.11 Å². The van der Waals surface area contributed by atoms with E-state index in [1.54, 1.807) is 0 Å². The number of aliphatic hydroxyl groups is 1. The van der Waals surface area contributed by atoms with Gasteiger partial charge in [-0.1, -0.05) is 30.3 Å². The summed E-state index contributed by atoms with van der Waals surface area (Å²) in [5.41, 5.74) is 6.62. The van der Waals surface area contributed by atoms with E-state index >= 15 is 0 Å². The third kappa shape index (κ3) is 3.04. The molecule has 1 saturated heterocycles. The number of aliphatic hydroxyl groups excluding tert-OH is 1. The Labute approximate surface area is 102 Å². The Morgan fingerprint density at radius 3 is 2.47 bits per heavy atom. The molecule has 0 spiro atoms. The van der Waals surface area contributed by atoms with Gasteiger partial charge in [0.25, 0.3) is 0 Å². The molecule has 3 N–H and O–H groups in total. The zero-order chi connectivity index (χ0) is 12.1. The van der Waals surface area contributed by atoms with E-state index < -0.39 is 5.54 Å². The quantitative estimate of drug-likeness (QED) is 0.782. The van der Waals surface area contributed by atoms with E-state index in [0.29, 0.717) is 6.54 Å². The Morgan fingerprint density at radius 2 is 1.88 bits per heavy atom. The minimum absolute atomic E-state index is 0.0473. The van der Waals surface area contributed by atoms with Crippen molar-refractivity contribution in [2.24, 2.45) is 5.73 Å². The summed E-state index contributed by atoms with van der Waals surface area (Å²) in [6.45, 7) is 3.87. The van der Waals surface area contributed by atoms with Gasteiger partial charge in [-0.3, -0.25) is 4.90 Å². The maximum Gasteiger partial charge on any atom is 0.0772 e. The molecule has 1 aliphatic rings. The van der Waals surface area contributed by atoms with E-state index in [0.717, 1.165) is 31.9 Å². The fourth-order valence-corrected chi connectivity index (χ4v) is 2.16. The Kier molecular flexibility index (Phi) is 4.12. The zero-order valence-electron chi connectivity index (χ0n) is 10.0. The minimum atomic E-state index is -0.682. The average Bonchev–Trinajstić information content (AvgIpc) is 2.41. The number of hydrogen-bond acceptors (Lipinski definition) is 4. The average molecular weight is 236 g/mol. The summed E-state index contributed by atoms with van der Waals surface area (Å²) < 4.78 is 5.31. The summed E-state index contributed by atoms with van der Waals surface area (Å²) in [5.74, 6) is 0. The fraction of sp³-hybridized carbons (Fsp3) is 0.538. The van der Waals surface area contributed by atoms with Crippen LogP contribution in [0.15, 0.2) is 30.3 Å². The first-order chi connectivity index (χ1) is 8.24. The van der Waals surface area contributed by atoms with Gasteiger partial charge >= 0.3 is 0 Å². The van der Waals surface area contributed by atoms with Crippen molar-refractivity contribution >= 4 is 0 Å². The molecule has 0 radical (unpaired) electrons. The molecule has 2 rings (SSSR count). The van der Waals surface area contributed by atoms with Crippen molar-refractivity contribution in [1.82, 2.24) is 4.90 Å². The maximum absolute atomic E-state index is 9.59. The van der Waals surface area contributed by atoms with E-state index in [4.69, 9.17) is 10.5 Å². The van der Waals surface area contributed by atoms with Gasteiger partial charge in [0.1, 0.15) is 0 Å². The third-order valence-corrected chi connectivity index (χ3v) is 3.24. The molecule has 0 aliphatic carbocycles. The first-order valence-electron chi connectivity index (χ1n) is 6.00. The Balaban J connectivity index is 2.08. The van der Waals surface area contributed by atoms with Gasteiger partial charge in [0, 0.05) is 19.6 Å². The molecule has 1 aliphatic heterocycles. The highest BCUT2D eigenvalue weighted by Gasteiger charge is 2.29. The van der Waals surface area contributed by atoms with Crippen molar-refractivity contribution < 1.29 is 9.84 Å². The number of nitrogens with two attached hydrogens (primary N) is 1. The topological polar surface area (TPSA) is 58.7 Å². The summed E-state index contributed by atoms with van der Waals surface area (Å²) in [6.07, 6.45) is 0. The summed E-state index contributed by atoms with van der Waals surface area (Å²) in [6, 6.07) is 9.79. The smallest absolute Gasteiger partial charge is 0.0772 e. The van der Waals surface area contributed by atoms with Gasteiger partial charge in [0.2, 0.25) is 0 Å². The molecule has 1 unspecified atom stereocenters.